The van der Waals surface area contributed by atoms with Gasteiger partial charge in [0.05, 0.1) is 12.2 Å². The van der Waals surface area contributed by atoms with E-state index in [9.17, 15) is 0 Å². The second-order valence-electron chi connectivity index (χ2n) is 27.2. The van der Waals surface area contributed by atoms with Crippen LogP contribution in [0.5, 0.6) is 0 Å². The van der Waals surface area contributed by atoms with E-state index in [1.54, 1.807) is 38.5 Å². The standard InChI is InChI=1S/C66H120N2O2/c1-7-11-15-17-19-21-45-69-57-37-33-55(34-38-57)67(53-29-25-49(5)26-30-53)63-47-51(23-13-9-3)59-42-44-62-64(48-52(24-14-10-4)60-41-43-61(63)65(59)66(60)62)68(54-31-27-50(6)28-32-54)56-35-39-58(40-36-56)70-46-22-20-18-16-12-8-2/h49-66H,7-48H2,1-6H3. The number of ether oxygens (including phenoxy) is 2. The molecule has 0 N–H and O–H groups in total. The van der Waals surface area contributed by atoms with Crippen molar-refractivity contribution < 1.29 is 9.47 Å². The first kappa shape index (κ1) is 56.1. The second-order valence-corrected chi connectivity index (χ2v) is 27.2. The van der Waals surface area contributed by atoms with Gasteiger partial charge in [-0.05, 0) is 213 Å². The lowest BCUT2D eigenvalue weighted by molar-refractivity contribution is -0.179. The highest BCUT2D eigenvalue weighted by Gasteiger charge is 2.62. The average Bonchev–Trinajstić information content (AvgIpc) is 3.39. The minimum absolute atomic E-state index is 0.518. The van der Waals surface area contributed by atoms with Gasteiger partial charge in [-0.25, -0.2) is 0 Å². The van der Waals surface area contributed by atoms with Gasteiger partial charge in [-0.3, -0.25) is 9.80 Å². The molecule has 406 valence electrons. The smallest absolute Gasteiger partial charge is 0.0576 e. The van der Waals surface area contributed by atoms with E-state index in [-0.39, 0.29) is 0 Å². The van der Waals surface area contributed by atoms with Crippen LogP contribution in [-0.4, -0.2) is 71.5 Å². The van der Waals surface area contributed by atoms with Crippen LogP contribution < -0.4 is 0 Å². The molecular formula is C66H120N2O2. The van der Waals surface area contributed by atoms with Crippen LogP contribution in [0.4, 0.5) is 0 Å². The summed E-state index contributed by atoms with van der Waals surface area (Å²) in [5.41, 5.74) is 0. The molecule has 0 aromatic carbocycles. The average molecular weight is 974 g/mol. The van der Waals surface area contributed by atoms with Gasteiger partial charge in [0.25, 0.3) is 0 Å². The molecule has 0 spiro atoms. The van der Waals surface area contributed by atoms with Crippen LogP contribution >= 0.6 is 0 Å². The van der Waals surface area contributed by atoms with E-state index >= 15 is 0 Å². The molecule has 8 fully saturated rings. The summed E-state index contributed by atoms with van der Waals surface area (Å²) >= 11 is 0. The lowest BCUT2D eigenvalue weighted by Crippen LogP contribution is -2.66. The monoisotopic (exact) mass is 973 g/mol. The fraction of sp³-hybridized carbons (Fsp3) is 1.00. The maximum atomic E-state index is 6.73. The van der Waals surface area contributed by atoms with Gasteiger partial charge in [0.15, 0.2) is 0 Å². The highest BCUT2D eigenvalue weighted by molar-refractivity contribution is 5.12. The number of hydrogen-bond acceptors (Lipinski definition) is 4. The van der Waals surface area contributed by atoms with E-state index < -0.39 is 0 Å². The summed E-state index contributed by atoms with van der Waals surface area (Å²) in [5.74, 6) is 9.66. The van der Waals surface area contributed by atoms with Crippen molar-refractivity contribution in [2.75, 3.05) is 13.2 Å². The zero-order chi connectivity index (χ0) is 48.7. The molecular weight excluding hydrogens is 853 g/mol. The quantitative estimate of drug-likeness (QED) is 0.0730. The Bertz CT molecular complexity index is 1280. The zero-order valence-corrected chi connectivity index (χ0v) is 47.8. The van der Waals surface area contributed by atoms with E-state index in [2.05, 4.69) is 51.3 Å². The lowest BCUT2D eigenvalue weighted by Gasteiger charge is -2.67. The Morgan fingerprint density at radius 3 is 1.00 bits per heavy atom. The molecule has 0 heterocycles. The molecule has 4 heteroatoms. The first-order chi connectivity index (χ1) is 34.4. The summed E-state index contributed by atoms with van der Waals surface area (Å²) in [6.07, 6.45) is 58.2. The maximum absolute atomic E-state index is 6.73. The molecule has 70 heavy (non-hydrogen) atoms. The molecule has 8 saturated carbocycles. The number of hydrogen-bond donors (Lipinski definition) is 0. The molecule has 0 aromatic rings. The molecule has 8 aliphatic rings. The van der Waals surface area contributed by atoms with Gasteiger partial charge in [0.2, 0.25) is 0 Å². The predicted octanol–water partition coefficient (Wildman–Crippen LogP) is 18.6. The number of unbranched alkanes of at least 4 members (excludes halogenated alkanes) is 12. The van der Waals surface area contributed by atoms with Crippen LogP contribution in [-0.2, 0) is 9.47 Å². The first-order valence-electron chi connectivity index (χ1n) is 33.2. The molecule has 0 aromatic heterocycles. The maximum Gasteiger partial charge on any atom is 0.0576 e. The fourth-order valence-corrected chi connectivity index (χ4v) is 19.0. The summed E-state index contributed by atoms with van der Waals surface area (Å²) in [5, 5.41) is 0. The summed E-state index contributed by atoms with van der Waals surface area (Å²) < 4.78 is 13.5. The third kappa shape index (κ3) is 14.6. The van der Waals surface area contributed by atoms with Gasteiger partial charge in [-0.1, -0.05) is 144 Å². The normalized spacial score (nSPS) is 40.1. The van der Waals surface area contributed by atoms with Crippen molar-refractivity contribution in [3.05, 3.63) is 0 Å². The van der Waals surface area contributed by atoms with E-state index in [4.69, 9.17) is 9.47 Å². The van der Waals surface area contributed by atoms with Crippen LogP contribution in [0.25, 0.3) is 0 Å². The summed E-state index contributed by atoms with van der Waals surface area (Å²) in [6.45, 7) is 16.8. The Kier molecular flexibility index (Phi) is 23.5. The summed E-state index contributed by atoms with van der Waals surface area (Å²) in [6, 6.07) is 4.93. The van der Waals surface area contributed by atoms with E-state index in [1.807, 2.05) is 0 Å². The molecule has 4 nitrogen and oxygen atoms in total. The molecule has 0 bridgehead atoms. The highest BCUT2D eigenvalue weighted by Crippen LogP contribution is 2.65. The van der Waals surface area contributed by atoms with Crippen LogP contribution in [0.15, 0.2) is 0 Å². The molecule has 0 aliphatic heterocycles. The van der Waals surface area contributed by atoms with Crippen LogP contribution in [0.2, 0.25) is 0 Å². The third-order valence-electron chi connectivity index (χ3n) is 22.6. The Morgan fingerprint density at radius 2 is 0.643 bits per heavy atom. The molecule has 10 atom stereocenters. The SMILES string of the molecule is CCCCCCCCOC1CCC(N(C2CCC(C)CC2)C2CC(CCCC)C3CCC4C5C(CCC2C35)C(CCCC)CC4N(C2CCC(C)CC2)C2CCC(OCCCCCCCC)CC2)CC1. The van der Waals surface area contributed by atoms with E-state index in [1.165, 1.54) is 218 Å². The van der Waals surface area contributed by atoms with Gasteiger partial charge in [0, 0.05) is 49.5 Å². The Balaban J connectivity index is 1.03. The van der Waals surface area contributed by atoms with Crippen molar-refractivity contribution in [1.29, 1.82) is 0 Å². The van der Waals surface area contributed by atoms with Crippen molar-refractivity contribution in [3.8, 4) is 0 Å². The summed E-state index contributed by atoms with van der Waals surface area (Å²) in [7, 11) is 0. The van der Waals surface area contributed by atoms with Crippen LogP contribution in [0, 0.1) is 59.2 Å². The first-order valence-corrected chi connectivity index (χ1v) is 33.2. The minimum atomic E-state index is 0.518. The Labute approximate surface area is 436 Å². The van der Waals surface area contributed by atoms with Crippen molar-refractivity contribution >= 4 is 0 Å². The molecule has 8 rings (SSSR count). The molecule has 0 amide bonds. The largest absolute Gasteiger partial charge is 0.378 e. The summed E-state index contributed by atoms with van der Waals surface area (Å²) in [4.78, 5) is 6.88. The predicted molar refractivity (Wildman–Crippen MR) is 300 cm³/mol. The molecule has 0 saturated heterocycles. The second kappa shape index (κ2) is 29.4. The van der Waals surface area contributed by atoms with Gasteiger partial charge >= 0.3 is 0 Å². The van der Waals surface area contributed by atoms with Crippen molar-refractivity contribution in [1.82, 2.24) is 9.80 Å². The van der Waals surface area contributed by atoms with Crippen LogP contribution in [0.1, 0.15) is 298 Å². The molecule has 10 unspecified atom stereocenters. The van der Waals surface area contributed by atoms with Gasteiger partial charge in [0.1, 0.15) is 0 Å². The van der Waals surface area contributed by atoms with Gasteiger partial charge in [-0.15, -0.1) is 0 Å². The van der Waals surface area contributed by atoms with Gasteiger partial charge in [-0.2, -0.15) is 0 Å². The van der Waals surface area contributed by atoms with Gasteiger partial charge < -0.3 is 9.47 Å². The Morgan fingerprint density at radius 1 is 0.329 bits per heavy atom. The zero-order valence-electron chi connectivity index (χ0n) is 47.8. The fourth-order valence-electron chi connectivity index (χ4n) is 19.0. The number of rotatable bonds is 28. The van der Waals surface area contributed by atoms with E-state index in [0.717, 1.165) is 109 Å². The van der Waals surface area contributed by atoms with E-state index in [0.29, 0.717) is 12.2 Å². The topological polar surface area (TPSA) is 24.9 Å². The third-order valence-corrected chi connectivity index (χ3v) is 22.6. The molecule has 0 radical (unpaired) electrons. The van der Waals surface area contributed by atoms with Crippen LogP contribution in [0.3, 0.4) is 0 Å². The highest BCUT2D eigenvalue weighted by atomic mass is 16.5. The van der Waals surface area contributed by atoms with Crippen molar-refractivity contribution in [2.45, 2.75) is 347 Å². The van der Waals surface area contributed by atoms with Crippen molar-refractivity contribution in [2.24, 2.45) is 59.2 Å². The van der Waals surface area contributed by atoms with Crippen molar-refractivity contribution in [3.63, 3.8) is 0 Å². The number of nitrogens with zero attached hydrogens (tertiary/aromatic N) is 2. The lowest BCUT2D eigenvalue weighted by atomic mass is 9.42. The Hall–Kier alpha value is -0.160. The molecule has 8 aliphatic carbocycles. The minimum Gasteiger partial charge on any atom is -0.378 e.